The van der Waals surface area contributed by atoms with Crippen LogP contribution in [0.4, 0.5) is 0 Å². The molecule has 0 bridgehead atoms. The largest absolute Gasteiger partial charge is 0.347 e. The van der Waals surface area contributed by atoms with Crippen molar-refractivity contribution in [3.63, 3.8) is 0 Å². The lowest BCUT2D eigenvalue weighted by Crippen LogP contribution is -2.22. The molecule has 3 aromatic rings. The van der Waals surface area contributed by atoms with Crippen LogP contribution in [0.5, 0.6) is 0 Å². The maximum Gasteiger partial charge on any atom is 0.252 e. The van der Waals surface area contributed by atoms with E-state index in [0.29, 0.717) is 6.54 Å². The summed E-state index contributed by atoms with van der Waals surface area (Å²) in [6.45, 7) is 2.66. The molecule has 1 aromatic carbocycles. The number of amides is 1. The van der Waals surface area contributed by atoms with Crippen molar-refractivity contribution in [1.82, 2.24) is 5.32 Å². The van der Waals surface area contributed by atoms with Crippen LogP contribution in [0.25, 0.3) is 0 Å². The molecule has 1 N–H and O–H groups in total. The first-order valence-corrected chi connectivity index (χ1v) is 9.98. The Morgan fingerprint density at radius 1 is 1.09 bits per heavy atom. The number of thioether (sulfide) groups is 1. The van der Waals surface area contributed by atoms with Gasteiger partial charge in [-0.3, -0.25) is 4.79 Å². The van der Waals surface area contributed by atoms with Crippen molar-refractivity contribution in [2.24, 2.45) is 0 Å². The summed E-state index contributed by atoms with van der Waals surface area (Å²) in [6, 6.07) is 16.1. The Morgan fingerprint density at radius 2 is 1.96 bits per heavy atom. The van der Waals surface area contributed by atoms with Crippen LogP contribution in [0.2, 0.25) is 0 Å². The Morgan fingerprint density at radius 3 is 2.70 bits per heavy atom. The lowest BCUT2D eigenvalue weighted by molar-refractivity contribution is 0.0948. The lowest BCUT2D eigenvalue weighted by Gasteiger charge is -2.09. The highest BCUT2D eigenvalue weighted by Gasteiger charge is 2.11. The summed E-state index contributed by atoms with van der Waals surface area (Å²) in [5.74, 6) is 0.886. The molecule has 1 amide bonds. The normalized spacial score (nSPS) is 10.7. The van der Waals surface area contributed by atoms with Crippen molar-refractivity contribution < 1.29 is 4.79 Å². The van der Waals surface area contributed by atoms with Gasteiger partial charge in [-0.15, -0.1) is 34.4 Å². The van der Waals surface area contributed by atoms with Gasteiger partial charge >= 0.3 is 0 Å². The smallest absolute Gasteiger partial charge is 0.252 e. The fraction of sp³-hybridized carbons (Fsp3) is 0.167. The molecular weight excluding hydrogens is 342 g/mol. The minimum atomic E-state index is -0.00895. The minimum absolute atomic E-state index is 0.00895. The average Bonchev–Trinajstić information content (AvgIpc) is 3.22. The topological polar surface area (TPSA) is 29.1 Å². The number of carbonyl (C=O) groups is 1. The molecular formula is C18H17NOS3. The van der Waals surface area contributed by atoms with Gasteiger partial charge in [0.2, 0.25) is 0 Å². The van der Waals surface area contributed by atoms with Crippen LogP contribution in [-0.4, -0.2) is 5.91 Å². The van der Waals surface area contributed by atoms with Crippen LogP contribution in [0.1, 0.15) is 25.0 Å². The predicted molar refractivity (Wildman–Crippen MR) is 101 cm³/mol. The number of aryl methyl sites for hydroxylation is 1. The van der Waals surface area contributed by atoms with E-state index in [1.54, 1.807) is 34.4 Å². The molecule has 0 unspecified atom stereocenters. The number of carbonyl (C=O) groups excluding carboxylic acids is 1. The highest BCUT2D eigenvalue weighted by molar-refractivity contribution is 7.98. The third-order valence-corrected chi connectivity index (χ3v) is 6.48. The average molecular weight is 360 g/mol. The van der Waals surface area contributed by atoms with Gasteiger partial charge in [0.25, 0.3) is 5.91 Å². The zero-order valence-corrected chi connectivity index (χ0v) is 15.2. The van der Waals surface area contributed by atoms with E-state index in [4.69, 9.17) is 0 Å². The summed E-state index contributed by atoms with van der Waals surface area (Å²) in [6.07, 6.45) is 0. The molecule has 118 valence electrons. The molecule has 0 spiro atoms. The third-order valence-electron chi connectivity index (χ3n) is 3.30. The van der Waals surface area contributed by atoms with Crippen LogP contribution in [0.15, 0.2) is 58.8 Å². The van der Waals surface area contributed by atoms with Crippen LogP contribution in [-0.2, 0) is 12.3 Å². The summed E-state index contributed by atoms with van der Waals surface area (Å²) >= 11 is 5.18. The summed E-state index contributed by atoms with van der Waals surface area (Å²) in [5, 5.41) is 5.10. The second kappa shape index (κ2) is 7.81. The molecule has 0 saturated heterocycles. The van der Waals surface area contributed by atoms with Crippen molar-refractivity contribution in [2.45, 2.75) is 24.1 Å². The zero-order valence-electron chi connectivity index (χ0n) is 12.7. The van der Waals surface area contributed by atoms with Crippen molar-refractivity contribution in [1.29, 1.82) is 0 Å². The maximum absolute atomic E-state index is 12.5. The van der Waals surface area contributed by atoms with Gasteiger partial charge in [-0.25, -0.2) is 0 Å². The van der Waals surface area contributed by atoms with E-state index in [9.17, 15) is 4.79 Å². The molecule has 0 saturated carbocycles. The van der Waals surface area contributed by atoms with Crippen LogP contribution >= 0.6 is 34.4 Å². The number of hydrogen-bond acceptors (Lipinski definition) is 4. The molecule has 0 aliphatic heterocycles. The Balaban J connectivity index is 1.65. The van der Waals surface area contributed by atoms with E-state index >= 15 is 0 Å². The number of nitrogens with one attached hydrogen (secondary N) is 1. The van der Waals surface area contributed by atoms with Gasteiger partial charge in [-0.2, -0.15) is 0 Å². The van der Waals surface area contributed by atoms with E-state index in [0.717, 1.165) is 16.2 Å². The molecule has 0 aliphatic rings. The van der Waals surface area contributed by atoms with Gasteiger partial charge in [0.05, 0.1) is 12.1 Å². The number of benzene rings is 1. The molecule has 2 nitrogen and oxygen atoms in total. The summed E-state index contributed by atoms with van der Waals surface area (Å²) < 4.78 is 0. The van der Waals surface area contributed by atoms with Gasteiger partial charge in [0.1, 0.15) is 0 Å². The van der Waals surface area contributed by atoms with E-state index < -0.39 is 0 Å². The lowest BCUT2D eigenvalue weighted by atomic mass is 10.2. The van der Waals surface area contributed by atoms with Gasteiger partial charge < -0.3 is 5.32 Å². The molecule has 2 heterocycles. The Labute approximate surface area is 148 Å². The first kappa shape index (κ1) is 16.3. The first-order valence-electron chi connectivity index (χ1n) is 7.30. The van der Waals surface area contributed by atoms with Crippen molar-refractivity contribution in [3.05, 3.63) is 74.1 Å². The fourth-order valence-corrected chi connectivity index (χ4v) is 4.82. The van der Waals surface area contributed by atoms with Gasteiger partial charge in [0.15, 0.2) is 0 Å². The summed E-state index contributed by atoms with van der Waals surface area (Å²) in [4.78, 5) is 17.3. The second-order valence-corrected chi connectivity index (χ2v) is 8.48. The van der Waals surface area contributed by atoms with Crippen LogP contribution < -0.4 is 5.32 Å². The molecule has 5 heteroatoms. The molecule has 3 rings (SSSR count). The number of hydrogen-bond donors (Lipinski definition) is 1. The highest BCUT2D eigenvalue weighted by atomic mass is 32.2. The van der Waals surface area contributed by atoms with E-state index in [2.05, 4.69) is 41.9 Å². The molecule has 0 atom stereocenters. The van der Waals surface area contributed by atoms with E-state index in [1.165, 1.54) is 14.6 Å². The quantitative estimate of drug-likeness (QED) is 0.602. The Kier molecular flexibility index (Phi) is 5.54. The molecule has 0 aliphatic carbocycles. The second-order valence-electron chi connectivity index (χ2n) is 5.06. The van der Waals surface area contributed by atoms with Gasteiger partial charge in [-0.1, -0.05) is 18.2 Å². The van der Waals surface area contributed by atoms with Gasteiger partial charge in [0, 0.05) is 25.3 Å². The predicted octanol–water partition coefficient (Wildman–Crippen LogP) is 5.34. The maximum atomic E-state index is 12.5. The number of thiophene rings is 2. The highest BCUT2D eigenvalue weighted by Crippen LogP contribution is 2.28. The van der Waals surface area contributed by atoms with Crippen LogP contribution in [0, 0.1) is 6.92 Å². The number of rotatable bonds is 6. The fourth-order valence-electron chi connectivity index (χ4n) is 2.17. The Hall–Kier alpha value is -1.56. The van der Waals surface area contributed by atoms with Crippen molar-refractivity contribution in [2.75, 3.05) is 0 Å². The molecule has 2 aromatic heterocycles. The van der Waals surface area contributed by atoms with Crippen LogP contribution in [0.3, 0.4) is 0 Å². The van der Waals surface area contributed by atoms with E-state index in [-0.39, 0.29) is 5.91 Å². The summed E-state index contributed by atoms with van der Waals surface area (Å²) in [5.41, 5.74) is 0.752. The Bertz CT molecular complexity index is 777. The third kappa shape index (κ3) is 4.47. The van der Waals surface area contributed by atoms with Crippen molar-refractivity contribution >= 4 is 40.3 Å². The molecule has 0 radical (unpaired) electrons. The summed E-state index contributed by atoms with van der Waals surface area (Å²) in [7, 11) is 0. The van der Waals surface area contributed by atoms with E-state index in [1.807, 2.05) is 24.3 Å². The monoisotopic (exact) mass is 359 g/mol. The zero-order chi connectivity index (χ0) is 16.1. The molecule has 23 heavy (non-hydrogen) atoms. The first-order chi connectivity index (χ1) is 11.2. The molecule has 0 fully saturated rings. The van der Waals surface area contributed by atoms with Gasteiger partial charge in [-0.05, 0) is 42.6 Å². The standard InChI is InChI=1S/C18H17NOS3/c1-13-8-9-14(23-13)11-19-18(20)16-6-2-3-7-17(16)22-12-15-5-4-10-21-15/h2-10H,11-12H2,1H3,(H,19,20). The SMILES string of the molecule is Cc1ccc(CNC(=O)c2ccccc2SCc2cccs2)s1. The van der Waals surface area contributed by atoms with Crippen molar-refractivity contribution in [3.8, 4) is 0 Å². The minimum Gasteiger partial charge on any atom is -0.347 e.